The Kier molecular flexibility index (Phi) is 5.04. The van der Waals surface area contributed by atoms with Gasteiger partial charge in [-0.25, -0.2) is 0 Å². The Morgan fingerprint density at radius 2 is 1.95 bits per heavy atom. The molecule has 0 amide bonds. The third-order valence-corrected chi connectivity index (χ3v) is 4.72. The number of likely N-dealkylation sites (tertiary alicyclic amines) is 1. The van der Waals surface area contributed by atoms with Crippen LogP contribution in [0, 0.1) is 23.2 Å². The Balaban J connectivity index is 0.00000147. The molecule has 3 rings (SSSR count). The average molecular weight is 292 g/mol. The van der Waals surface area contributed by atoms with E-state index in [9.17, 15) is 0 Å². The molecule has 3 atom stereocenters. The fourth-order valence-corrected chi connectivity index (χ4v) is 3.68. The lowest BCUT2D eigenvalue weighted by atomic mass is 9.78. The molecule has 0 bridgehead atoms. The summed E-state index contributed by atoms with van der Waals surface area (Å²) in [6.45, 7) is 3.33. The summed E-state index contributed by atoms with van der Waals surface area (Å²) in [4.78, 5) is 2.53. The number of nitrogens with zero attached hydrogens (tertiary/aromatic N) is 2. The number of hydrogen-bond donors (Lipinski definition) is 1. The van der Waals surface area contributed by atoms with E-state index in [1.165, 1.54) is 31.4 Å². The quantitative estimate of drug-likeness (QED) is 0.911. The second kappa shape index (κ2) is 6.58. The molecule has 0 radical (unpaired) electrons. The van der Waals surface area contributed by atoms with Crippen molar-refractivity contribution >= 4 is 12.4 Å². The minimum atomic E-state index is 0. The summed E-state index contributed by atoms with van der Waals surface area (Å²) in [5.74, 6) is 1.51. The van der Waals surface area contributed by atoms with Crippen LogP contribution in [-0.4, -0.2) is 24.0 Å². The van der Waals surface area contributed by atoms with E-state index in [0.717, 1.165) is 24.6 Å². The molecule has 108 valence electrons. The van der Waals surface area contributed by atoms with E-state index in [2.05, 4.69) is 23.1 Å². The lowest BCUT2D eigenvalue weighted by Gasteiger charge is -2.29. The predicted octanol–water partition coefficient (Wildman–Crippen LogP) is 2.54. The SMILES string of the molecule is Cl.N#Cc1ccc(CN2CC3CCCC(N)C3C2)cc1. The third kappa shape index (κ3) is 3.15. The van der Waals surface area contributed by atoms with Gasteiger partial charge in [-0.15, -0.1) is 12.4 Å². The van der Waals surface area contributed by atoms with Crippen molar-refractivity contribution in [3.8, 4) is 6.07 Å². The fraction of sp³-hybridized carbons (Fsp3) is 0.562. The van der Waals surface area contributed by atoms with Gasteiger partial charge in [-0.2, -0.15) is 5.26 Å². The molecule has 0 spiro atoms. The second-order valence-corrected chi connectivity index (χ2v) is 6.02. The summed E-state index contributed by atoms with van der Waals surface area (Å²) in [6, 6.07) is 10.5. The number of nitrogens with two attached hydrogens (primary N) is 1. The van der Waals surface area contributed by atoms with Crippen LogP contribution in [-0.2, 0) is 6.54 Å². The Morgan fingerprint density at radius 3 is 2.60 bits per heavy atom. The van der Waals surface area contributed by atoms with Crippen LogP contribution in [0.5, 0.6) is 0 Å². The van der Waals surface area contributed by atoms with Crippen molar-refractivity contribution < 1.29 is 0 Å². The highest BCUT2D eigenvalue weighted by atomic mass is 35.5. The molecule has 2 aliphatic rings. The van der Waals surface area contributed by atoms with Crippen LogP contribution < -0.4 is 5.73 Å². The topological polar surface area (TPSA) is 53.0 Å². The van der Waals surface area contributed by atoms with Crippen molar-refractivity contribution in [3.05, 3.63) is 35.4 Å². The van der Waals surface area contributed by atoms with Crippen LogP contribution in [0.4, 0.5) is 0 Å². The van der Waals surface area contributed by atoms with Crippen molar-refractivity contribution in [1.82, 2.24) is 4.90 Å². The minimum Gasteiger partial charge on any atom is -0.327 e. The third-order valence-electron chi connectivity index (χ3n) is 4.72. The summed E-state index contributed by atoms with van der Waals surface area (Å²) in [7, 11) is 0. The van der Waals surface area contributed by atoms with Gasteiger partial charge < -0.3 is 5.73 Å². The standard InChI is InChI=1S/C16H21N3.ClH/c17-8-12-4-6-13(7-5-12)9-19-10-14-2-1-3-16(18)15(14)11-19;/h4-7,14-16H,1-3,9-11,18H2;1H. The zero-order valence-electron chi connectivity index (χ0n) is 11.7. The van der Waals surface area contributed by atoms with Crippen molar-refractivity contribution in [2.24, 2.45) is 17.6 Å². The van der Waals surface area contributed by atoms with E-state index in [-0.39, 0.29) is 12.4 Å². The number of halogens is 1. The van der Waals surface area contributed by atoms with Gasteiger partial charge in [-0.05, 0) is 42.4 Å². The first-order valence-electron chi connectivity index (χ1n) is 7.23. The molecule has 1 aliphatic carbocycles. The van der Waals surface area contributed by atoms with Gasteiger partial charge in [-0.3, -0.25) is 4.90 Å². The van der Waals surface area contributed by atoms with E-state index in [0.29, 0.717) is 12.0 Å². The number of nitriles is 1. The maximum absolute atomic E-state index is 8.81. The zero-order valence-corrected chi connectivity index (χ0v) is 12.5. The zero-order chi connectivity index (χ0) is 13.2. The summed E-state index contributed by atoms with van der Waals surface area (Å²) in [6.07, 6.45) is 3.85. The fourth-order valence-electron chi connectivity index (χ4n) is 3.68. The highest BCUT2D eigenvalue weighted by Crippen LogP contribution is 2.35. The van der Waals surface area contributed by atoms with Gasteiger partial charge in [0.15, 0.2) is 0 Å². The molecule has 1 heterocycles. The van der Waals surface area contributed by atoms with Gasteiger partial charge in [-0.1, -0.05) is 18.6 Å². The van der Waals surface area contributed by atoms with Crippen LogP contribution in [0.2, 0.25) is 0 Å². The molecular formula is C16H22ClN3. The molecule has 0 aromatic heterocycles. The van der Waals surface area contributed by atoms with Gasteiger partial charge >= 0.3 is 0 Å². The van der Waals surface area contributed by atoms with Gasteiger partial charge in [0.25, 0.3) is 0 Å². The number of fused-ring (bicyclic) bond motifs is 1. The highest BCUT2D eigenvalue weighted by molar-refractivity contribution is 5.85. The van der Waals surface area contributed by atoms with Gasteiger partial charge in [0, 0.05) is 25.7 Å². The molecule has 1 aliphatic heterocycles. The van der Waals surface area contributed by atoms with E-state index in [1.807, 2.05) is 12.1 Å². The first-order chi connectivity index (χ1) is 9.26. The van der Waals surface area contributed by atoms with Crippen LogP contribution in [0.15, 0.2) is 24.3 Å². The predicted molar refractivity (Wildman–Crippen MR) is 82.5 cm³/mol. The largest absolute Gasteiger partial charge is 0.327 e. The molecule has 1 saturated heterocycles. The van der Waals surface area contributed by atoms with E-state index in [4.69, 9.17) is 11.0 Å². The summed E-state index contributed by atoms with van der Waals surface area (Å²) in [5, 5.41) is 8.81. The average Bonchev–Trinajstić information content (AvgIpc) is 2.84. The molecule has 3 unspecified atom stereocenters. The van der Waals surface area contributed by atoms with E-state index < -0.39 is 0 Å². The van der Waals surface area contributed by atoms with Crippen LogP contribution in [0.3, 0.4) is 0 Å². The lowest BCUT2D eigenvalue weighted by molar-refractivity contribution is 0.259. The molecule has 2 fully saturated rings. The first-order valence-corrected chi connectivity index (χ1v) is 7.23. The van der Waals surface area contributed by atoms with Crippen molar-refractivity contribution in [2.75, 3.05) is 13.1 Å². The Labute approximate surface area is 127 Å². The Morgan fingerprint density at radius 1 is 1.20 bits per heavy atom. The van der Waals surface area contributed by atoms with Crippen LogP contribution in [0.1, 0.15) is 30.4 Å². The van der Waals surface area contributed by atoms with Crippen LogP contribution in [0.25, 0.3) is 0 Å². The Bertz CT molecular complexity index is 479. The van der Waals surface area contributed by atoms with E-state index in [1.54, 1.807) is 0 Å². The molecule has 20 heavy (non-hydrogen) atoms. The monoisotopic (exact) mass is 291 g/mol. The molecule has 1 saturated carbocycles. The summed E-state index contributed by atoms with van der Waals surface area (Å²) in [5.41, 5.74) is 8.29. The molecule has 4 heteroatoms. The normalized spacial score (nSPS) is 29.3. The van der Waals surface area contributed by atoms with Crippen molar-refractivity contribution in [1.29, 1.82) is 5.26 Å². The van der Waals surface area contributed by atoms with Gasteiger partial charge in [0.1, 0.15) is 0 Å². The van der Waals surface area contributed by atoms with Crippen molar-refractivity contribution in [3.63, 3.8) is 0 Å². The first kappa shape index (κ1) is 15.3. The molecule has 1 aromatic carbocycles. The maximum atomic E-state index is 8.81. The smallest absolute Gasteiger partial charge is 0.0991 e. The van der Waals surface area contributed by atoms with Gasteiger partial charge in [0.2, 0.25) is 0 Å². The second-order valence-electron chi connectivity index (χ2n) is 6.02. The molecule has 3 nitrogen and oxygen atoms in total. The highest BCUT2D eigenvalue weighted by Gasteiger charge is 2.38. The number of rotatable bonds is 2. The molecular weight excluding hydrogens is 270 g/mol. The lowest BCUT2D eigenvalue weighted by Crippen LogP contribution is -2.38. The number of hydrogen-bond acceptors (Lipinski definition) is 3. The van der Waals surface area contributed by atoms with Gasteiger partial charge in [0.05, 0.1) is 11.6 Å². The van der Waals surface area contributed by atoms with Crippen LogP contribution >= 0.6 is 12.4 Å². The van der Waals surface area contributed by atoms with E-state index >= 15 is 0 Å². The summed E-state index contributed by atoms with van der Waals surface area (Å²) < 4.78 is 0. The summed E-state index contributed by atoms with van der Waals surface area (Å²) >= 11 is 0. The Hall–Kier alpha value is -1.08. The van der Waals surface area contributed by atoms with Crippen molar-refractivity contribution in [2.45, 2.75) is 31.8 Å². The molecule has 2 N–H and O–H groups in total. The minimum absolute atomic E-state index is 0. The maximum Gasteiger partial charge on any atom is 0.0991 e. The number of benzene rings is 1. The molecule has 1 aromatic rings.